The molecule has 0 saturated carbocycles. The summed E-state index contributed by atoms with van der Waals surface area (Å²) < 4.78 is 30.3. The summed E-state index contributed by atoms with van der Waals surface area (Å²) in [5, 5.41) is 10.3. The quantitative estimate of drug-likeness (QED) is 0.578. The Morgan fingerprint density at radius 1 is 1.67 bits per heavy atom. The number of hydrogen-bond donors (Lipinski definition) is 2. The van der Waals surface area contributed by atoms with Crippen LogP contribution in [-0.2, 0) is 16.0 Å². The lowest BCUT2D eigenvalue weighted by atomic mass is 10.8. The highest BCUT2D eigenvalue weighted by Gasteiger charge is 2.10. The van der Waals surface area contributed by atoms with Crippen LogP contribution in [0.25, 0.3) is 0 Å². The number of hydrogen-bond acceptors (Lipinski definition) is 5. The zero-order chi connectivity index (χ0) is 9.35. The van der Waals surface area contributed by atoms with Gasteiger partial charge in [-0.15, -0.1) is 11.3 Å². The van der Waals surface area contributed by atoms with Crippen LogP contribution in [-0.4, -0.2) is 22.6 Å². The van der Waals surface area contributed by atoms with Crippen molar-refractivity contribution in [1.82, 2.24) is 4.57 Å². The van der Waals surface area contributed by atoms with Gasteiger partial charge in [0, 0.05) is 0 Å². The molecule has 0 saturated heterocycles. The first-order valence-electron chi connectivity index (χ1n) is 2.72. The molecule has 5 nitrogen and oxygen atoms in total. The number of aromatic hydroxyl groups is 1. The van der Waals surface area contributed by atoms with Crippen molar-refractivity contribution in [2.45, 2.75) is 5.88 Å². The maximum Gasteiger partial charge on any atom is 0.283 e. The second-order valence-corrected chi connectivity index (χ2v) is 4.92. The molecular weight excluding hydrogens is 222 g/mol. The minimum absolute atomic E-state index is 0.199. The molecule has 0 atom stereocenters. The van der Waals surface area contributed by atoms with E-state index in [1.165, 1.54) is 5.38 Å². The summed E-state index contributed by atoms with van der Waals surface area (Å²) in [6.07, 6.45) is 0. The van der Waals surface area contributed by atoms with Crippen LogP contribution in [0.1, 0.15) is 0 Å². The molecule has 12 heavy (non-hydrogen) atoms. The molecule has 0 aliphatic carbocycles. The molecule has 1 aromatic rings. The van der Waals surface area contributed by atoms with Gasteiger partial charge in [-0.25, -0.2) is 0 Å². The molecule has 68 valence electrons. The van der Waals surface area contributed by atoms with Crippen molar-refractivity contribution in [3.8, 4) is 5.88 Å². The first-order valence-corrected chi connectivity index (χ1v) is 5.62. The maximum absolute atomic E-state index is 10.4. The molecule has 0 unspecified atom stereocenters. The molecule has 1 heterocycles. The third-order valence-electron chi connectivity index (χ3n) is 1.05. The zero-order valence-electron chi connectivity index (χ0n) is 5.67. The highest BCUT2D eigenvalue weighted by atomic mass is 32.2. The van der Waals surface area contributed by atoms with E-state index < -0.39 is 16.0 Å². The summed E-state index contributed by atoms with van der Waals surface area (Å²) >= 11 is 5.71. The van der Waals surface area contributed by atoms with Crippen molar-refractivity contribution in [2.24, 2.45) is 0 Å². The first kappa shape index (κ1) is 9.65. The van der Waals surface area contributed by atoms with Crippen molar-refractivity contribution >= 4 is 33.7 Å². The van der Waals surface area contributed by atoms with E-state index in [0.717, 1.165) is 15.9 Å². The Morgan fingerprint density at radius 3 is 2.58 bits per heavy atom. The molecule has 0 amide bonds. The van der Waals surface area contributed by atoms with Crippen molar-refractivity contribution < 1.29 is 18.1 Å². The SMILES string of the molecule is O=S(=O)(O)Cn1c(O)csc1=S. The summed E-state index contributed by atoms with van der Waals surface area (Å²) in [5.74, 6) is -0.969. The van der Waals surface area contributed by atoms with Crippen molar-refractivity contribution in [2.75, 3.05) is 0 Å². The Balaban J connectivity index is 3.13. The van der Waals surface area contributed by atoms with Gasteiger partial charge in [-0.3, -0.25) is 9.12 Å². The Hall–Kier alpha value is -0.440. The Bertz CT molecular complexity index is 427. The minimum atomic E-state index is -4.15. The van der Waals surface area contributed by atoms with E-state index in [1.807, 2.05) is 0 Å². The maximum atomic E-state index is 10.4. The van der Waals surface area contributed by atoms with Crippen LogP contribution >= 0.6 is 23.6 Å². The Kier molecular flexibility index (Phi) is 2.52. The van der Waals surface area contributed by atoms with Gasteiger partial charge in [0.1, 0.15) is 0 Å². The topological polar surface area (TPSA) is 79.5 Å². The van der Waals surface area contributed by atoms with Crippen molar-refractivity contribution in [3.05, 3.63) is 9.33 Å². The number of aromatic nitrogens is 1. The molecule has 0 aliphatic heterocycles. The van der Waals surface area contributed by atoms with Crippen molar-refractivity contribution in [3.63, 3.8) is 0 Å². The molecular formula is C4H5NO4S3. The molecule has 0 aromatic carbocycles. The third kappa shape index (κ3) is 2.27. The number of rotatable bonds is 2. The van der Waals surface area contributed by atoms with Gasteiger partial charge in [0.25, 0.3) is 10.1 Å². The van der Waals surface area contributed by atoms with Gasteiger partial charge in [-0.2, -0.15) is 8.42 Å². The summed E-state index contributed by atoms with van der Waals surface area (Å²) in [7, 11) is -4.15. The van der Waals surface area contributed by atoms with E-state index in [0.29, 0.717) is 0 Å². The van der Waals surface area contributed by atoms with Crippen molar-refractivity contribution in [1.29, 1.82) is 0 Å². The fraction of sp³-hybridized carbons (Fsp3) is 0.250. The van der Waals surface area contributed by atoms with Crippen LogP contribution in [0.2, 0.25) is 0 Å². The third-order valence-corrected chi connectivity index (χ3v) is 2.90. The number of thiazole rings is 1. The lowest BCUT2D eigenvalue weighted by Crippen LogP contribution is -2.08. The molecule has 0 radical (unpaired) electrons. The summed E-state index contributed by atoms with van der Waals surface area (Å²) in [5.41, 5.74) is 0. The van der Waals surface area contributed by atoms with Gasteiger partial charge in [0.15, 0.2) is 9.83 Å². The van der Waals surface area contributed by atoms with Gasteiger partial charge >= 0.3 is 0 Å². The summed E-state index contributed by atoms with van der Waals surface area (Å²) in [4.78, 5) is 0. The standard InChI is InChI=1S/C4H5NO4S3/c6-3-1-11-4(10)5(3)2-12(7,8)9/h1,6H,2H2,(H,7,8,9). The molecule has 0 spiro atoms. The molecule has 0 aliphatic rings. The predicted molar refractivity (Wildman–Crippen MR) is 46.4 cm³/mol. The van der Waals surface area contributed by atoms with Gasteiger partial charge in [0.05, 0.1) is 5.38 Å². The van der Waals surface area contributed by atoms with Crippen LogP contribution in [0.3, 0.4) is 0 Å². The van der Waals surface area contributed by atoms with E-state index in [9.17, 15) is 8.42 Å². The highest BCUT2D eigenvalue weighted by molar-refractivity contribution is 7.84. The second-order valence-electron chi connectivity index (χ2n) is 2.00. The summed E-state index contributed by atoms with van der Waals surface area (Å²) in [6.45, 7) is 0. The molecule has 2 N–H and O–H groups in total. The Labute approximate surface area is 77.6 Å². The molecule has 0 bridgehead atoms. The van der Waals surface area contributed by atoms with Gasteiger partial charge in [-0.05, 0) is 12.2 Å². The average Bonchev–Trinajstić information content (AvgIpc) is 2.16. The van der Waals surface area contributed by atoms with Gasteiger partial charge < -0.3 is 5.11 Å². The van der Waals surface area contributed by atoms with Crippen LogP contribution < -0.4 is 0 Å². The molecule has 0 fully saturated rings. The van der Waals surface area contributed by atoms with Gasteiger partial charge in [0.2, 0.25) is 5.88 Å². The largest absolute Gasteiger partial charge is 0.494 e. The number of nitrogens with zero attached hydrogens (tertiary/aromatic N) is 1. The smallest absolute Gasteiger partial charge is 0.283 e. The minimum Gasteiger partial charge on any atom is -0.494 e. The summed E-state index contributed by atoms with van der Waals surface area (Å²) in [6, 6.07) is 0. The average molecular weight is 227 g/mol. The fourth-order valence-corrected chi connectivity index (χ4v) is 2.28. The van der Waals surface area contributed by atoms with Crippen LogP contribution in [0.15, 0.2) is 5.38 Å². The first-order chi connectivity index (χ1) is 5.40. The molecule has 1 rings (SSSR count). The van der Waals surface area contributed by atoms with Crippen LogP contribution in [0.5, 0.6) is 5.88 Å². The normalized spacial score (nSPS) is 11.8. The molecule has 1 aromatic heterocycles. The van der Waals surface area contributed by atoms with E-state index in [4.69, 9.17) is 9.66 Å². The van der Waals surface area contributed by atoms with Crippen LogP contribution in [0, 0.1) is 3.95 Å². The molecule has 8 heteroatoms. The van der Waals surface area contributed by atoms with Gasteiger partial charge in [-0.1, -0.05) is 0 Å². The second kappa shape index (κ2) is 3.13. The highest BCUT2D eigenvalue weighted by Crippen LogP contribution is 2.17. The predicted octanol–water partition coefficient (Wildman–Crippen LogP) is 0.830. The van der Waals surface area contributed by atoms with E-state index in [1.54, 1.807) is 0 Å². The van der Waals surface area contributed by atoms with E-state index in [-0.39, 0.29) is 9.83 Å². The zero-order valence-corrected chi connectivity index (χ0v) is 8.12. The fourth-order valence-electron chi connectivity index (χ4n) is 0.606. The lowest BCUT2D eigenvalue weighted by Gasteiger charge is -1.99. The van der Waals surface area contributed by atoms with E-state index >= 15 is 0 Å². The Morgan fingerprint density at radius 2 is 2.25 bits per heavy atom. The van der Waals surface area contributed by atoms with Crippen LogP contribution in [0.4, 0.5) is 0 Å². The lowest BCUT2D eigenvalue weighted by molar-refractivity contribution is 0.416. The monoisotopic (exact) mass is 227 g/mol. The van der Waals surface area contributed by atoms with E-state index in [2.05, 4.69) is 12.2 Å².